The van der Waals surface area contributed by atoms with E-state index >= 15 is 0 Å². The highest BCUT2D eigenvalue weighted by molar-refractivity contribution is 5.54. The SMILES string of the molecule is COc1cc(N)c(F)c(O)c1.COc1cc(N)c(F)c(OC)c1.COc1cc(N)c(F)c(OCc2ccccc2)c1.COc1cc(O)cc(N)c1F.OCc1ccccc1. The number of anilines is 4. The number of aliphatic hydroxyl groups is 1. The molecule has 0 radical (unpaired) electrons. The van der Waals surface area contributed by atoms with Crippen LogP contribution in [0.2, 0.25) is 0 Å². The number of hydrogen-bond donors (Lipinski definition) is 7. The summed E-state index contributed by atoms with van der Waals surface area (Å²) in [5.41, 5.74) is 22.9. The van der Waals surface area contributed by atoms with Crippen molar-refractivity contribution in [3.63, 3.8) is 0 Å². The summed E-state index contributed by atoms with van der Waals surface area (Å²) in [6, 6.07) is 29.5. The monoisotopic (exact) mass is 840 g/mol. The second kappa shape index (κ2) is 25.1. The standard InChI is InChI=1S/C14H14FNO2.C8H10FNO2.2C7H8FNO2.C7H8O/c1-17-11-7-12(16)14(15)13(8-11)18-9-10-5-3-2-4-6-10;1-11-5-3-6(10)8(9)7(4-5)12-2;1-11-4-2-5(9)7(8)6(10)3-4;1-11-6-3-4(10)2-5(9)7(6)8;8-6-7-4-2-1-3-5-7/h2-8H,9,16H2,1H3;3-4H,10H2,1-2H3;2*2-3,10H,9H2,1H3;1-5,8H,6H2. The number of rotatable bonds is 9. The van der Waals surface area contributed by atoms with Crippen molar-refractivity contribution in [2.75, 3.05) is 58.5 Å². The average molecular weight is 841 g/mol. The van der Waals surface area contributed by atoms with E-state index in [-0.39, 0.29) is 59.0 Å². The lowest BCUT2D eigenvalue weighted by Gasteiger charge is -2.10. The molecule has 0 heterocycles. The van der Waals surface area contributed by atoms with Crippen molar-refractivity contribution in [1.82, 2.24) is 0 Å². The Morgan fingerprint density at radius 1 is 0.450 bits per heavy atom. The van der Waals surface area contributed by atoms with Gasteiger partial charge in [-0.1, -0.05) is 60.7 Å². The zero-order valence-corrected chi connectivity index (χ0v) is 33.4. The fraction of sp³-hybridized carbons (Fsp3) is 0.163. The lowest BCUT2D eigenvalue weighted by atomic mass is 10.2. The highest BCUT2D eigenvalue weighted by Gasteiger charge is 2.12. The van der Waals surface area contributed by atoms with E-state index in [1.807, 2.05) is 60.7 Å². The lowest BCUT2D eigenvalue weighted by molar-refractivity contribution is 0.282. The average Bonchev–Trinajstić information content (AvgIpc) is 3.26. The molecule has 0 atom stereocenters. The molecular formula is C43H48F4N4O9. The third-order valence-corrected chi connectivity index (χ3v) is 7.60. The molecule has 322 valence electrons. The summed E-state index contributed by atoms with van der Waals surface area (Å²) in [5.74, 6) is -1.78. The first-order chi connectivity index (χ1) is 28.6. The first-order valence-electron chi connectivity index (χ1n) is 17.4. The number of aromatic hydroxyl groups is 2. The number of ether oxygens (including phenoxy) is 6. The van der Waals surface area contributed by atoms with Crippen LogP contribution < -0.4 is 51.4 Å². The van der Waals surface area contributed by atoms with Crippen LogP contribution >= 0.6 is 0 Å². The van der Waals surface area contributed by atoms with Gasteiger partial charge in [0.1, 0.15) is 29.6 Å². The number of methoxy groups -OCH3 is 5. The van der Waals surface area contributed by atoms with Crippen LogP contribution in [0.5, 0.6) is 46.0 Å². The summed E-state index contributed by atoms with van der Waals surface area (Å²) in [7, 11) is 7.06. The first-order valence-corrected chi connectivity index (χ1v) is 17.4. The Bertz CT molecular complexity index is 2200. The molecule has 0 bridgehead atoms. The number of benzene rings is 6. The fourth-order valence-electron chi connectivity index (χ4n) is 4.47. The summed E-state index contributed by atoms with van der Waals surface area (Å²) in [6.07, 6.45) is 0. The molecule has 0 saturated heterocycles. The molecule has 0 amide bonds. The van der Waals surface area contributed by atoms with Crippen molar-refractivity contribution < 1.29 is 61.3 Å². The highest BCUT2D eigenvalue weighted by atomic mass is 19.1. The number of halogens is 4. The largest absolute Gasteiger partial charge is 0.508 e. The highest BCUT2D eigenvalue weighted by Crippen LogP contribution is 2.31. The number of phenolic OH excluding ortho intramolecular Hbond substituents is 2. The van der Waals surface area contributed by atoms with Crippen LogP contribution in [-0.2, 0) is 13.2 Å². The van der Waals surface area contributed by atoms with Gasteiger partial charge in [-0.25, -0.2) is 17.6 Å². The van der Waals surface area contributed by atoms with E-state index in [1.165, 1.54) is 65.9 Å². The first kappa shape index (κ1) is 48.7. The molecule has 0 saturated carbocycles. The van der Waals surface area contributed by atoms with Crippen molar-refractivity contribution in [2.45, 2.75) is 13.2 Å². The molecule has 0 aromatic heterocycles. The molecule has 17 heteroatoms. The van der Waals surface area contributed by atoms with Gasteiger partial charge in [-0.05, 0) is 11.1 Å². The molecule has 0 aliphatic heterocycles. The Morgan fingerprint density at radius 2 is 0.833 bits per heavy atom. The van der Waals surface area contributed by atoms with Crippen LogP contribution in [0.25, 0.3) is 0 Å². The van der Waals surface area contributed by atoms with Gasteiger partial charge in [-0.2, -0.15) is 0 Å². The third-order valence-electron chi connectivity index (χ3n) is 7.60. The van der Waals surface area contributed by atoms with Crippen LogP contribution in [-0.4, -0.2) is 50.9 Å². The Hall–Kier alpha value is -7.40. The van der Waals surface area contributed by atoms with Crippen molar-refractivity contribution in [1.29, 1.82) is 0 Å². The Labute approximate surface area is 344 Å². The second-order valence-electron chi connectivity index (χ2n) is 11.8. The molecule has 6 aromatic rings. The Kier molecular flexibility index (Phi) is 20.4. The number of phenols is 2. The minimum absolute atomic E-state index is 0.0115. The quantitative estimate of drug-likeness (QED) is 0.0546. The zero-order chi connectivity index (χ0) is 44.8. The molecule has 6 aromatic carbocycles. The maximum atomic E-state index is 13.7. The van der Waals surface area contributed by atoms with Gasteiger partial charge in [-0.3, -0.25) is 0 Å². The third kappa shape index (κ3) is 15.5. The van der Waals surface area contributed by atoms with Gasteiger partial charge in [0.05, 0.1) is 64.9 Å². The predicted molar refractivity (Wildman–Crippen MR) is 222 cm³/mol. The summed E-state index contributed by atoms with van der Waals surface area (Å²) in [5, 5.41) is 26.3. The molecule has 0 unspecified atom stereocenters. The van der Waals surface area contributed by atoms with Gasteiger partial charge < -0.3 is 66.7 Å². The van der Waals surface area contributed by atoms with Gasteiger partial charge in [0.25, 0.3) is 0 Å². The Balaban J connectivity index is 0.000000265. The summed E-state index contributed by atoms with van der Waals surface area (Å²) in [6.45, 7) is 0.422. The van der Waals surface area contributed by atoms with Crippen LogP contribution in [0.4, 0.5) is 40.3 Å². The van der Waals surface area contributed by atoms with Crippen LogP contribution in [0.1, 0.15) is 11.1 Å². The molecule has 60 heavy (non-hydrogen) atoms. The number of nitrogen functional groups attached to an aromatic ring is 4. The topological polar surface area (TPSA) is 220 Å². The number of aliphatic hydroxyl groups excluding tert-OH is 1. The zero-order valence-electron chi connectivity index (χ0n) is 33.4. The maximum absolute atomic E-state index is 13.7. The molecular weight excluding hydrogens is 792 g/mol. The lowest BCUT2D eigenvalue weighted by Crippen LogP contribution is -2.00. The minimum atomic E-state index is -0.814. The van der Waals surface area contributed by atoms with E-state index in [0.717, 1.165) is 29.3 Å². The van der Waals surface area contributed by atoms with E-state index < -0.39 is 29.0 Å². The van der Waals surface area contributed by atoms with E-state index in [9.17, 15) is 17.6 Å². The molecule has 0 aliphatic carbocycles. The van der Waals surface area contributed by atoms with Crippen LogP contribution in [0, 0.1) is 23.3 Å². The van der Waals surface area contributed by atoms with Crippen molar-refractivity contribution >= 4 is 22.7 Å². The Morgan fingerprint density at radius 3 is 1.25 bits per heavy atom. The van der Waals surface area contributed by atoms with Gasteiger partial charge in [0.15, 0.2) is 46.3 Å². The number of hydrogen-bond acceptors (Lipinski definition) is 13. The summed E-state index contributed by atoms with van der Waals surface area (Å²) >= 11 is 0. The second-order valence-corrected chi connectivity index (χ2v) is 11.8. The van der Waals surface area contributed by atoms with Crippen molar-refractivity contribution in [3.8, 4) is 46.0 Å². The molecule has 0 spiro atoms. The molecule has 11 N–H and O–H groups in total. The fourth-order valence-corrected chi connectivity index (χ4v) is 4.47. The van der Waals surface area contributed by atoms with E-state index in [0.29, 0.717) is 17.2 Å². The maximum Gasteiger partial charge on any atom is 0.188 e. The molecule has 6 rings (SSSR count). The normalized spacial score (nSPS) is 9.70. The molecule has 0 fully saturated rings. The van der Waals surface area contributed by atoms with Crippen molar-refractivity contribution in [2.24, 2.45) is 0 Å². The smallest absolute Gasteiger partial charge is 0.188 e. The minimum Gasteiger partial charge on any atom is -0.508 e. The summed E-state index contributed by atoms with van der Waals surface area (Å²) < 4.78 is 81.5. The van der Waals surface area contributed by atoms with Crippen molar-refractivity contribution in [3.05, 3.63) is 144 Å². The number of nitrogens with two attached hydrogens (primary N) is 4. The molecule has 13 nitrogen and oxygen atoms in total. The van der Waals surface area contributed by atoms with Gasteiger partial charge in [-0.15, -0.1) is 0 Å². The van der Waals surface area contributed by atoms with Gasteiger partial charge >= 0.3 is 0 Å². The van der Waals surface area contributed by atoms with Crippen LogP contribution in [0.3, 0.4) is 0 Å². The van der Waals surface area contributed by atoms with Crippen LogP contribution in [0.15, 0.2) is 109 Å². The molecule has 0 aliphatic rings. The van der Waals surface area contributed by atoms with E-state index in [4.69, 9.17) is 61.9 Å². The van der Waals surface area contributed by atoms with Gasteiger partial charge in [0, 0.05) is 48.5 Å². The van der Waals surface area contributed by atoms with E-state index in [2.05, 4.69) is 4.74 Å². The predicted octanol–water partition coefficient (Wildman–Crippen LogP) is 7.84. The summed E-state index contributed by atoms with van der Waals surface area (Å²) in [4.78, 5) is 0. The van der Waals surface area contributed by atoms with Gasteiger partial charge in [0.2, 0.25) is 0 Å². The van der Waals surface area contributed by atoms with E-state index in [1.54, 1.807) is 0 Å².